The number of methoxy groups -OCH3 is 1. The summed E-state index contributed by atoms with van der Waals surface area (Å²) in [4.78, 5) is 45.2. The topological polar surface area (TPSA) is 79.8 Å². The van der Waals surface area contributed by atoms with Crippen molar-refractivity contribution in [2.75, 3.05) is 25.1 Å². The Kier molecular flexibility index (Phi) is 5.26. The number of nitrogens with zero attached hydrogens (tertiary/aromatic N) is 3. The second-order valence-electron chi connectivity index (χ2n) is 6.70. The minimum absolute atomic E-state index is 0.0738. The summed E-state index contributed by atoms with van der Waals surface area (Å²) in [5, 5.41) is 0. The van der Waals surface area contributed by atoms with E-state index < -0.39 is 0 Å². The molecule has 0 saturated heterocycles. The molecule has 2 aromatic carbocycles. The van der Waals surface area contributed by atoms with Crippen LogP contribution in [-0.2, 0) is 0 Å². The number of imide groups is 1. The molecule has 1 aliphatic rings. The first-order valence-electron chi connectivity index (χ1n) is 9.41. The molecule has 7 nitrogen and oxygen atoms in total. The van der Waals surface area contributed by atoms with E-state index in [1.807, 2.05) is 0 Å². The van der Waals surface area contributed by atoms with Gasteiger partial charge in [-0.05, 0) is 48.5 Å². The van der Waals surface area contributed by atoms with Crippen molar-refractivity contribution in [1.82, 2.24) is 9.88 Å². The van der Waals surface area contributed by atoms with Gasteiger partial charge < -0.3 is 9.64 Å². The molecule has 1 aliphatic heterocycles. The summed E-state index contributed by atoms with van der Waals surface area (Å²) in [6, 6.07) is 17.1. The molecule has 4 rings (SSSR count). The number of benzene rings is 2. The first-order chi connectivity index (χ1) is 14.6. The summed E-state index contributed by atoms with van der Waals surface area (Å²) in [6.07, 6.45) is 3.08. The van der Waals surface area contributed by atoms with Crippen LogP contribution in [0.5, 0.6) is 5.75 Å². The smallest absolute Gasteiger partial charge is 0.261 e. The minimum atomic E-state index is -0.348. The van der Waals surface area contributed by atoms with Gasteiger partial charge in [-0.3, -0.25) is 24.3 Å². The molecule has 1 aromatic heterocycles. The van der Waals surface area contributed by atoms with Crippen molar-refractivity contribution in [2.24, 2.45) is 0 Å². The first-order valence-corrected chi connectivity index (χ1v) is 9.41. The van der Waals surface area contributed by atoms with Crippen LogP contribution in [0.1, 0.15) is 31.1 Å². The van der Waals surface area contributed by atoms with Crippen molar-refractivity contribution < 1.29 is 19.1 Å². The maximum Gasteiger partial charge on any atom is 0.261 e. The van der Waals surface area contributed by atoms with Crippen LogP contribution in [0, 0.1) is 0 Å². The molecule has 0 unspecified atom stereocenters. The summed E-state index contributed by atoms with van der Waals surface area (Å²) < 4.78 is 5.19. The second kappa shape index (κ2) is 8.16. The molecule has 30 heavy (non-hydrogen) atoms. The molecule has 0 spiro atoms. The Morgan fingerprint density at radius 3 is 2.20 bits per heavy atom. The zero-order valence-electron chi connectivity index (χ0n) is 16.3. The predicted octanol–water partition coefficient (Wildman–Crippen LogP) is 3.03. The lowest BCUT2D eigenvalue weighted by Gasteiger charge is -2.25. The number of ether oxygens (including phenoxy) is 1. The van der Waals surface area contributed by atoms with Crippen LogP contribution in [0.15, 0.2) is 73.1 Å². The molecule has 150 valence electrons. The number of amides is 3. The lowest BCUT2D eigenvalue weighted by Crippen LogP contribution is -2.41. The quantitative estimate of drug-likeness (QED) is 0.593. The van der Waals surface area contributed by atoms with Crippen LogP contribution in [-0.4, -0.2) is 47.8 Å². The van der Waals surface area contributed by atoms with Crippen molar-refractivity contribution in [2.45, 2.75) is 0 Å². The normalized spacial score (nSPS) is 12.6. The fourth-order valence-electron chi connectivity index (χ4n) is 3.40. The summed E-state index contributed by atoms with van der Waals surface area (Å²) in [7, 11) is 1.57. The van der Waals surface area contributed by atoms with E-state index in [2.05, 4.69) is 4.98 Å². The number of hydrogen-bond acceptors (Lipinski definition) is 5. The van der Waals surface area contributed by atoms with Gasteiger partial charge in [-0.2, -0.15) is 0 Å². The first kappa shape index (κ1) is 19.3. The summed E-state index contributed by atoms with van der Waals surface area (Å²) >= 11 is 0. The van der Waals surface area contributed by atoms with Crippen molar-refractivity contribution in [1.29, 1.82) is 0 Å². The molecule has 0 aliphatic carbocycles. The van der Waals surface area contributed by atoms with E-state index in [1.54, 1.807) is 74.0 Å². The van der Waals surface area contributed by atoms with Gasteiger partial charge in [-0.25, -0.2) is 0 Å². The molecule has 0 saturated carbocycles. The van der Waals surface area contributed by atoms with Crippen LogP contribution >= 0.6 is 0 Å². The highest BCUT2D eigenvalue weighted by Gasteiger charge is 2.35. The third kappa shape index (κ3) is 3.53. The number of pyridine rings is 1. The average Bonchev–Trinajstić information content (AvgIpc) is 3.05. The molecule has 2 heterocycles. The summed E-state index contributed by atoms with van der Waals surface area (Å²) in [5.41, 5.74) is 1.81. The highest BCUT2D eigenvalue weighted by molar-refractivity contribution is 6.21. The van der Waals surface area contributed by atoms with Gasteiger partial charge in [0, 0.05) is 31.2 Å². The van der Waals surface area contributed by atoms with E-state index in [0.717, 1.165) is 0 Å². The van der Waals surface area contributed by atoms with Crippen molar-refractivity contribution in [3.8, 4) is 5.75 Å². The highest BCUT2D eigenvalue weighted by atomic mass is 16.5. The monoisotopic (exact) mass is 401 g/mol. The second-order valence-corrected chi connectivity index (χ2v) is 6.70. The van der Waals surface area contributed by atoms with Crippen LogP contribution in [0.25, 0.3) is 0 Å². The van der Waals surface area contributed by atoms with Gasteiger partial charge in [0.15, 0.2) is 0 Å². The molecular formula is C23H19N3O4. The lowest BCUT2D eigenvalue weighted by atomic mass is 10.1. The Labute approximate surface area is 173 Å². The standard InChI is InChI=1S/C23H19N3O4/c1-30-18-10-8-17(9-11-18)25(21(27)16-5-4-12-24-15-16)13-14-26-22(28)19-6-2-3-7-20(19)23(26)29/h2-12,15H,13-14H2,1H3. The average molecular weight is 401 g/mol. The Bertz CT molecular complexity index is 1060. The fraction of sp³-hybridized carbons (Fsp3) is 0.130. The van der Waals surface area contributed by atoms with Gasteiger partial charge in [0.1, 0.15) is 5.75 Å². The molecular weight excluding hydrogens is 382 g/mol. The van der Waals surface area contributed by atoms with Gasteiger partial charge in [-0.1, -0.05) is 12.1 Å². The molecule has 0 radical (unpaired) electrons. The lowest BCUT2D eigenvalue weighted by molar-refractivity contribution is 0.0654. The number of anilines is 1. The highest BCUT2D eigenvalue weighted by Crippen LogP contribution is 2.24. The van der Waals surface area contributed by atoms with E-state index in [1.165, 1.54) is 16.0 Å². The van der Waals surface area contributed by atoms with E-state index in [0.29, 0.717) is 28.1 Å². The Hall–Kier alpha value is -4.00. The van der Waals surface area contributed by atoms with Gasteiger partial charge in [0.05, 0.1) is 23.8 Å². The van der Waals surface area contributed by atoms with Crippen LogP contribution < -0.4 is 9.64 Å². The maximum absolute atomic E-state index is 13.2. The van der Waals surface area contributed by atoms with Crippen LogP contribution in [0.4, 0.5) is 5.69 Å². The zero-order chi connectivity index (χ0) is 21.1. The number of hydrogen-bond donors (Lipinski definition) is 0. The molecule has 0 N–H and O–H groups in total. The fourth-order valence-corrected chi connectivity index (χ4v) is 3.40. The van der Waals surface area contributed by atoms with E-state index in [-0.39, 0.29) is 30.8 Å². The van der Waals surface area contributed by atoms with Crippen LogP contribution in [0.2, 0.25) is 0 Å². The zero-order valence-corrected chi connectivity index (χ0v) is 16.3. The third-order valence-corrected chi connectivity index (χ3v) is 4.96. The summed E-state index contributed by atoms with van der Waals surface area (Å²) in [5.74, 6) is -0.309. The van der Waals surface area contributed by atoms with E-state index >= 15 is 0 Å². The van der Waals surface area contributed by atoms with Crippen molar-refractivity contribution in [3.63, 3.8) is 0 Å². The van der Waals surface area contributed by atoms with Gasteiger partial charge in [-0.15, -0.1) is 0 Å². The molecule has 0 fully saturated rings. The van der Waals surface area contributed by atoms with Crippen molar-refractivity contribution in [3.05, 3.63) is 89.7 Å². The number of fused-ring (bicyclic) bond motifs is 1. The Balaban J connectivity index is 1.59. The number of carbonyl (C=O) groups is 3. The molecule has 3 amide bonds. The summed E-state index contributed by atoms with van der Waals surface area (Å²) in [6.45, 7) is 0.218. The van der Waals surface area contributed by atoms with Gasteiger partial charge >= 0.3 is 0 Å². The predicted molar refractivity (Wildman–Crippen MR) is 111 cm³/mol. The Morgan fingerprint density at radius 1 is 0.967 bits per heavy atom. The maximum atomic E-state index is 13.2. The van der Waals surface area contributed by atoms with Gasteiger partial charge in [0.2, 0.25) is 0 Å². The molecule has 0 bridgehead atoms. The molecule has 0 atom stereocenters. The molecule has 3 aromatic rings. The van der Waals surface area contributed by atoms with E-state index in [9.17, 15) is 14.4 Å². The minimum Gasteiger partial charge on any atom is -0.497 e. The SMILES string of the molecule is COc1ccc(N(CCN2C(=O)c3ccccc3C2=O)C(=O)c2cccnc2)cc1. The largest absolute Gasteiger partial charge is 0.497 e. The van der Waals surface area contributed by atoms with Gasteiger partial charge in [0.25, 0.3) is 17.7 Å². The number of rotatable bonds is 6. The van der Waals surface area contributed by atoms with E-state index in [4.69, 9.17) is 4.74 Å². The Morgan fingerprint density at radius 2 is 1.63 bits per heavy atom. The number of aromatic nitrogens is 1. The van der Waals surface area contributed by atoms with Crippen LogP contribution in [0.3, 0.4) is 0 Å². The third-order valence-electron chi connectivity index (χ3n) is 4.96. The number of carbonyl (C=O) groups excluding carboxylic acids is 3. The van der Waals surface area contributed by atoms with Crippen molar-refractivity contribution >= 4 is 23.4 Å². The molecule has 7 heteroatoms.